The van der Waals surface area contributed by atoms with E-state index in [1.54, 1.807) is 0 Å². The summed E-state index contributed by atoms with van der Waals surface area (Å²) in [4.78, 5) is 0. The first-order valence-electron chi connectivity index (χ1n) is 5.03. The largest absolute Gasteiger partial charge is 0.103 e. The molecule has 1 rings (SSSR count). The molecule has 0 saturated heterocycles. The molecule has 0 heterocycles. The van der Waals surface area contributed by atoms with Gasteiger partial charge in [0.25, 0.3) is 0 Å². The predicted molar refractivity (Wildman–Crippen MR) is 68.9 cm³/mol. The Bertz CT molecular complexity index is 388. The highest BCUT2D eigenvalue weighted by molar-refractivity contribution is 6.55. The van der Waals surface area contributed by atoms with Crippen molar-refractivity contribution in [3.8, 4) is 0 Å². The lowest BCUT2D eigenvalue weighted by atomic mass is 9.90. The van der Waals surface area contributed by atoms with Crippen molar-refractivity contribution in [1.29, 1.82) is 0 Å². The molecule has 0 aromatic heterocycles. The summed E-state index contributed by atoms with van der Waals surface area (Å²) >= 11 is 11.4. The lowest BCUT2D eigenvalue weighted by molar-refractivity contribution is 0.932. The smallest absolute Gasteiger partial charge is 0.0712 e. The lowest BCUT2D eigenvalue weighted by Gasteiger charge is -2.16. The summed E-state index contributed by atoms with van der Waals surface area (Å²) in [5, 5.41) is 0. The summed E-state index contributed by atoms with van der Waals surface area (Å²) in [6, 6.07) is 4.29. The standard InChI is InChI=1S/C13H16Cl2/c1-8-5-6-9(2)13(11(8)4)10(3)7-12(14)15/h5-7,10H,1-4H3. The highest BCUT2D eigenvalue weighted by Crippen LogP contribution is 2.28. The van der Waals surface area contributed by atoms with Gasteiger partial charge in [0.05, 0.1) is 0 Å². The fourth-order valence-electron chi connectivity index (χ4n) is 1.95. The van der Waals surface area contributed by atoms with E-state index >= 15 is 0 Å². The number of allylic oxidation sites excluding steroid dienone is 1. The van der Waals surface area contributed by atoms with Crippen molar-refractivity contribution in [1.82, 2.24) is 0 Å². The average Bonchev–Trinajstić information content (AvgIpc) is 2.11. The highest BCUT2D eigenvalue weighted by atomic mass is 35.5. The molecule has 0 aliphatic carbocycles. The Morgan fingerprint density at radius 2 is 1.67 bits per heavy atom. The Morgan fingerprint density at radius 3 is 2.20 bits per heavy atom. The fraction of sp³-hybridized carbons (Fsp3) is 0.385. The lowest BCUT2D eigenvalue weighted by Crippen LogP contribution is -1.99. The first-order chi connectivity index (χ1) is 6.93. The van der Waals surface area contributed by atoms with Gasteiger partial charge in [0, 0.05) is 5.92 Å². The Balaban J connectivity index is 3.24. The molecule has 1 aromatic carbocycles. The van der Waals surface area contributed by atoms with E-state index in [-0.39, 0.29) is 5.92 Å². The van der Waals surface area contributed by atoms with Gasteiger partial charge in [-0.15, -0.1) is 0 Å². The first-order valence-corrected chi connectivity index (χ1v) is 5.78. The molecule has 0 radical (unpaired) electrons. The van der Waals surface area contributed by atoms with Gasteiger partial charge in [-0.25, -0.2) is 0 Å². The van der Waals surface area contributed by atoms with Crippen molar-refractivity contribution >= 4 is 23.2 Å². The van der Waals surface area contributed by atoms with Crippen LogP contribution in [0.5, 0.6) is 0 Å². The predicted octanol–water partition coefficient (Wildman–Crippen LogP) is 5.03. The molecular formula is C13H16Cl2. The van der Waals surface area contributed by atoms with Crippen molar-refractivity contribution < 1.29 is 0 Å². The van der Waals surface area contributed by atoms with Crippen LogP contribution in [0.3, 0.4) is 0 Å². The summed E-state index contributed by atoms with van der Waals surface area (Å²) in [7, 11) is 0. The number of aryl methyl sites for hydroxylation is 2. The second-order valence-electron chi connectivity index (χ2n) is 3.98. The van der Waals surface area contributed by atoms with Gasteiger partial charge in [-0.3, -0.25) is 0 Å². The van der Waals surface area contributed by atoms with E-state index in [0.29, 0.717) is 4.49 Å². The second-order valence-corrected chi connectivity index (χ2v) is 4.99. The van der Waals surface area contributed by atoms with E-state index in [0.717, 1.165) is 0 Å². The van der Waals surface area contributed by atoms with Crippen molar-refractivity contribution in [2.24, 2.45) is 0 Å². The number of halogens is 2. The monoisotopic (exact) mass is 242 g/mol. The third-order valence-electron chi connectivity index (χ3n) is 2.84. The molecular weight excluding hydrogens is 227 g/mol. The maximum Gasteiger partial charge on any atom is 0.103 e. The van der Waals surface area contributed by atoms with Crippen LogP contribution in [0.4, 0.5) is 0 Å². The van der Waals surface area contributed by atoms with Gasteiger partial charge in [0.1, 0.15) is 4.49 Å². The van der Waals surface area contributed by atoms with Gasteiger partial charge < -0.3 is 0 Å². The molecule has 0 N–H and O–H groups in total. The summed E-state index contributed by atoms with van der Waals surface area (Å²) in [5.41, 5.74) is 5.25. The van der Waals surface area contributed by atoms with Crippen LogP contribution in [0.15, 0.2) is 22.7 Å². The Morgan fingerprint density at radius 1 is 1.13 bits per heavy atom. The maximum absolute atomic E-state index is 5.69. The maximum atomic E-state index is 5.69. The van der Waals surface area contributed by atoms with E-state index < -0.39 is 0 Å². The molecule has 0 aliphatic heterocycles. The van der Waals surface area contributed by atoms with Gasteiger partial charge in [-0.1, -0.05) is 42.3 Å². The summed E-state index contributed by atoms with van der Waals surface area (Å²) in [6.45, 7) is 8.49. The molecule has 0 aliphatic rings. The molecule has 0 bridgehead atoms. The fourth-order valence-corrected chi connectivity index (χ4v) is 2.32. The average molecular weight is 243 g/mol. The molecule has 0 nitrogen and oxygen atoms in total. The van der Waals surface area contributed by atoms with E-state index in [9.17, 15) is 0 Å². The number of hydrogen-bond acceptors (Lipinski definition) is 0. The van der Waals surface area contributed by atoms with Crippen LogP contribution in [0.2, 0.25) is 0 Å². The minimum atomic E-state index is 0.259. The molecule has 82 valence electrons. The van der Waals surface area contributed by atoms with Gasteiger partial charge in [0.15, 0.2) is 0 Å². The number of benzene rings is 1. The first kappa shape index (κ1) is 12.6. The van der Waals surface area contributed by atoms with E-state index in [1.165, 1.54) is 22.3 Å². The van der Waals surface area contributed by atoms with E-state index in [4.69, 9.17) is 23.2 Å². The van der Waals surface area contributed by atoms with E-state index in [2.05, 4.69) is 39.8 Å². The minimum absolute atomic E-state index is 0.259. The van der Waals surface area contributed by atoms with Crippen molar-refractivity contribution in [2.75, 3.05) is 0 Å². The summed E-state index contributed by atoms with van der Waals surface area (Å²) < 4.78 is 0.336. The third kappa shape index (κ3) is 2.99. The Hall–Kier alpha value is -0.460. The van der Waals surface area contributed by atoms with Crippen LogP contribution >= 0.6 is 23.2 Å². The zero-order valence-corrected chi connectivity index (χ0v) is 11.1. The van der Waals surface area contributed by atoms with Gasteiger partial charge in [-0.2, -0.15) is 0 Å². The second kappa shape index (κ2) is 5.05. The number of rotatable bonds is 2. The van der Waals surface area contributed by atoms with E-state index in [1.807, 2.05) is 6.08 Å². The molecule has 0 saturated carbocycles. The van der Waals surface area contributed by atoms with Gasteiger partial charge >= 0.3 is 0 Å². The summed E-state index contributed by atoms with van der Waals surface area (Å²) in [6.07, 6.45) is 1.87. The molecule has 0 fully saturated rings. The third-order valence-corrected chi connectivity index (χ3v) is 3.09. The molecule has 0 spiro atoms. The van der Waals surface area contributed by atoms with Crippen molar-refractivity contribution in [3.05, 3.63) is 45.0 Å². The molecule has 1 aromatic rings. The van der Waals surface area contributed by atoms with Crippen LogP contribution in [0.1, 0.15) is 35.1 Å². The molecule has 2 heteroatoms. The van der Waals surface area contributed by atoms with Crippen LogP contribution in [0, 0.1) is 20.8 Å². The SMILES string of the molecule is Cc1ccc(C)c(C(C)C=C(Cl)Cl)c1C. The van der Waals surface area contributed by atoms with Crippen LogP contribution < -0.4 is 0 Å². The van der Waals surface area contributed by atoms with Gasteiger partial charge in [0.2, 0.25) is 0 Å². The zero-order chi connectivity index (χ0) is 11.6. The summed E-state index contributed by atoms with van der Waals surface area (Å²) in [5.74, 6) is 0.259. The van der Waals surface area contributed by atoms with Crippen molar-refractivity contribution in [3.63, 3.8) is 0 Å². The van der Waals surface area contributed by atoms with Crippen LogP contribution in [-0.2, 0) is 0 Å². The Kier molecular flexibility index (Phi) is 4.24. The van der Waals surface area contributed by atoms with Crippen LogP contribution in [0.25, 0.3) is 0 Å². The zero-order valence-electron chi connectivity index (χ0n) is 9.57. The molecule has 15 heavy (non-hydrogen) atoms. The quantitative estimate of drug-likeness (QED) is 0.683. The molecule has 1 unspecified atom stereocenters. The molecule has 1 atom stereocenters. The Labute approximate surface area is 102 Å². The minimum Gasteiger partial charge on any atom is -0.0712 e. The van der Waals surface area contributed by atoms with Gasteiger partial charge in [-0.05, 0) is 49.1 Å². The normalized spacial score (nSPS) is 12.4. The number of hydrogen-bond donors (Lipinski definition) is 0. The van der Waals surface area contributed by atoms with Crippen LogP contribution in [-0.4, -0.2) is 0 Å². The topological polar surface area (TPSA) is 0 Å². The highest BCUT2D eigenvalue weighted by Gasteiger charge is 2.11. The molecule has 0 amide bonds. The van der Waals surface area contributed by atoms with Crippen molar-refractivity contribution in [2.45, 2.75) is 33.6 Å².